The second-order valence-corrected chi connectivity index (χ2v) is 4.93. The Bertz CT molecular complexity index is 887. The Morgan fingerprint density at radius 3 is 2.30 bits per heavy atom. The molecule has 0 unspecified atom stereocenters. The molecule has 0 heterocycles. The first-order valence-electron chi connectivity index (χ1n) is 6.70. The molecule has 1 aliphatic rings. The summed E-state index contributed by atoms with van der Waals surface area (Å²) in [6.07, 6.45) is 1.26. The highest BCUT2D eigenvalue weighted by Crippen LogP contribution is 2.32. The average Bonchev–Trinajstić information content (AvgIpc) is 2.53. The largest absolute Gasteiger partial charge is 0.398 e. The summed E-state index contributed by atoms with van der Waals surface area (Å²) in [6.45, 7) is 0. The topological polar surface area (TPSA) is 128 Å². The Labute approximate surface area is 131 Å². The number of urea groups is 1. The number of nitrogen functional groups attached to an aromatic ring is 1. The molecule has 5 N–H and O–H groups in total. The smallest absolute Gasteiger partial charge is 0.332 e. The zero-order valence-corrected chi connectivity index (χ0v) is 11.9. The molecule has 114 valence electrons. The number of primary amides is 1. The Morgan fingerprint density at radius 1 is 1.00 bits per heavy atom. The van der Waals surface area contributed by atoms with Gasteiger partial charge in [0.15, 0.2) is 11.6 Å². The lowest BCUT2D eigenvalue weighted by atomic mass is 9.82. The van der Waals surface area contributed by atoms with E-state index in [1.165, 1.54) is 12.3 Å². The Morgan fingerprint density at radius 2 is 1.65 bits per heavy atom. The zero-order valence-electron chi connectivity index (χ0n) is 11.9. The molecule has 1 aliphatic carbocycles. The summed E-state index contributed by atoms with van der Waals surface area (Å²) in [5.74, 6) is -0.563. The van der Waals surface area contributed by atoms with Gasteiger partial charge in [-0.25, -0.2) is 10.2 Å². The number of hydrogen-bond acceptors (Lipinski definition) is 5. The highest BCUT2D eigenvalue weighted by atomic mass is 16.2. The molecule has 0 spiro atoms. The molecule has 7 heteroatoms. The third kappa shape index (κ3) is 2.34. The number of hydrogen-bond donors (Lipinski definition) is 3. The maximum absolute atomic E-state index is 12.6. The molecule has 2 aromatic carbocycles. The number of nitrogens with one attached hydrogen (secondary N) is 1. The van der Waals surface area contributed by atoms with Gasteiger partial charge in [0.2, 0.25) is 0 Å². The molecular weight excluding hydrogens is 296 g/mol. The van der Waals surface area contributed by atoms with E-state index < -0.39 is 6.03 Å². The van der Waals surface area contributed by atoms with Gasteiger partial charge in [-0.15, -0.1) is 0 Å². The number of benzene rings is 2. The lowest BCUT2D eigenvalue weighted by Crippen LogP contribution is -2.25. The van der Waals surface area contributed by atoms with Crippen molar-refractivity contribution in [2.24, 2.45) is 10.8 Å². The number of ketones is 2. The molecular formula is C16H12N4O3. The first kappa shape index (κ1) is 14.5. The Balaban J connectivity index is 2.11. The second kappa shape index (κ2) is 5.38. The maximum Gasteiger partial charge on any atom is 0.332 e. The fourth-order valence-electron chi connectivity index (χ4n) is 2.51. The summed E-state index contributed by atoms with van der Waals surface area (Å²) in [5.41, 5.74) is 14.6. The van der Waals surface area contributed by atoms with Crippen LogP contribution in [-0.2, 0) is 0 Å². The van der Waals surface area contributed by atoms with Crippen molar-refractivity contribution < 1.29 is 14.4 Å². The number of hydrazone groups is 1. The first-order chi connectivity index (χ1) is 11.0. The van der Waals surface area contributed by atoms with Crippen molar-refractivity contribution >= 4 is 29.5 Å². The number of nitrogens with two attached hydrogens (primary N) is 2. The number of rotatable bonds is 2. The lowest BCUT2D eigenvalue weighted by Gasteiger charge is -2.19. The van der Waals surface area contributed by atoms with Gasteiger partial charge < -0.3 is 11.5 Å². The molecule has 0 bridgehead atoms. The minimum atomic E-state index is -0.821. The van der Waals surface area contributed by atoms with E-state index in [0.717, 1.165) is 0 Å². The van der Waals surface area contributed by atoms with E-state index >= 15 is 0 Å². The van der Waals surface area contributed by atoms with Crippen LogP contribution < -0.4 is 16.9 Å². The van der Waals surface area contributed by atoms with Crippen molar-refractivity contribution in [3.8, 4) is 0 Å². The lowest BCUT2D eigenvalue weighted by molar-refractivity contribution is 0.0979. The van der Waals surface area contributed by atoms with Crippen LogP contribution in [-0.4, -0.2) is 23.8 Å². The zero-order chi connectivity index (χ0) is 16.6. The molecule has 3 rings (SSSR count). The van der Waals surface area contributed by atoms with Gasteiger partial charge in [-0.2, -0.15) is 5.10 Å². The average molecular weight is 308 g/mol. The fraction of sp³-hybridized carbons (Fsp3) is 0. The molecule has 2 amide bonds. The van der Waals surface area contributed by atoms with Gasteiger partial charge in [0.25, 0.3) is 0 Å². The van der Waals surface area contributed by atoms with E-state index in [0.29, 0.717) is 16.7 Å². The highest BCUT2D eigenvalue weighted by Gasteiger charge is 2.31. The molecule has 0 aromatic heterocycles. The maximum atomic E-state index is 12.6. The summed E-state index contributed by atoms with van der Waals surface area (Å²) in [6, 6.07) is 8.85. The van der Waals surface area contributed by atoms with Gasteiger partial charge in [-0.05, 0) is 6.07 Å². The van der Waals surface area contributed by atoms with Crippen LogP contribution in [0, 0.1) is 0 Å². The van der Waals surface area contributed by atoms with Crippen molar-refractivity contribution in [1.82, 2.24) is 5.43 Å². The molecule has 23 heavy (non-hydrogen) atoms. The minimum Gasteiger partial charge on any atom is -0.398 e. The number of nitrogens with zero attached hydrogens (tertiary/aromatic N) is 1. The Hall–Kier alpha value is -3.48. The summed E-state index contributed by atoms with van der Waals surface area (Å²) in [5, 5.41) is 3.61. The van der Waals surface area contributed by atoms with E-state index in [9.17, 15) is 14.4 Å². The number of carbonyl (C=O) groups is 3. The third-order valence-corrected chi connectivity index (χ3v) is 3.55. The number of fused-ring (bicyclic) bond motifs is 2. The van der Waals surface area contributed by atoms with Gasteiger partial charge in [-0.3, -0.25) is 9.59 Å². The van der Waals surface area contributed by atoms with Crippen molar-refractivity contribution in [2.75, 3.05) is 5.73 Å². The quantitative estimate of drug-likeness (QED) is 0.371. The SMILES string of the molecule is NC(=O)N/N=C/c1ccc2c(c1N)C(=O)c1ccccc1C2=O. The summed E-state index contributed by atoms with van der Waals surface area (Å²) < 4.78 is 0. The molecule has 7 nitrogen and oxygen atoms in total. The van der Waals surface area contributed by atoms with Crippen LogP contribution in [0.25, 0.3) is 0 Å². The van der Waals surface area contributed by atoms with Crippen molar-refractivity contribution in [2.45, 2.75) is 0 Å². The van der Waals surface area contributed by atoms with Crippen molar-refractivity contribution in [3.05, 3.63) is 64.2 Å². The van der Waals surface area contributed by atoms with Crippen LogP contribution in [0.1, 0.15) is 37.4 Å². The van der Waals surface area contributed by atoms with E-state index in [1.807, 2.05) is 5.43 Å². The van der Waals surface area contributed by atoms with Crippen LogP contribution in [0.2, 0.25) is 0 Å². The normalized spacial score (nSPS) is 12.9. The van der Waals surface area contributed by atoms with Gasteiger partial charge in [0.1, 0.15) is 0 Å². The predicted molar refractivity (Wildman–Crippen MR) is 84.5 cm³/mol. The van der Waals surface area contributed by atoms with E-state index in [4.69, 9.17) is 11.5 Å². The predicted octanol–water partition coefficient (Wildman–Crippen LogP) is 1.05. The van der Waals surface area contributed by atoms with Crippen LogP contribution in [0.3, 0.4) is 0 Å². The highest BCUT2D eigenvalue weighted by molar-refractivity contribution is 6.30. The molecule has 2 aromatic rings. The molecule has 0 atom stereocenters. The first-order valence-corrected chi connectivity index (χ1v) is 6.70. The summed E-state index contributed by atoms with van der Waals surface area (Å²) in [7, 11) is 0. The summed E-state index contributed by atoms with van der Waals surface area (Å²) >= 11 is 0. The van der Waals surface area contributed by atoms with E-state index in [1.54, 1.807) is 30.3 Å². The molecule has 0 saturated carbocycles. The van der Waals surface area contributed by atoms with Crippen LogP contribution in [0.4, 0.5) is 10.5 Å². The van der Waals surface area contributed by atoms with E-state index in [-0.39, 0.29) is 28.4 Å². The van der Waals surface area contributed by atoms with Crippen molar-refractivity contribution in [1.29, 1.82) is 0 Å². The minimum absolute atomic E-state index is 0.130. The third-order valence-electron chi connectivity index (χ3n) is 3.55. The monoisotopic (exact) mass is 308 g/mol. The van der Waals surface area contributed by atoms with Crippen LogP contribution in [0.15, 0.2) is 41.5 Å². The number of amides is 2. The molecule has 0 fully saturated rings. The standard InChI is InChI=1S/C16H12N4O3/c17-13-8(7-19-20-16(18)23)5-6-11-12(13)15(22)10-4-2-1-3-9(10)14(11)21/h1-7H,17H2,(H3,18,20,23)/b19-7+. The van der Waals surface area contributed by atoms with Gasteiger partial charge in [0.05, 0.1) is 17.5 Å². The molecule has 0 saturated heterocycles. The van der Waals surface area contributed by atoms with Gasteiger partial charge in [0, 0.05) is 22.3 Å². The van der Waals surface area contributed by atoms with Gasteiger partial charge in [-0.1, -0.05) is 30.3 Å². The van der Waals surface area contributed by atoms with Crippen LogP contribution >= 0.6 is 0 Å². The second-order valence-electron chi connectivity index (χ2n) is 4.93. The summed E-state index contributed by atoms with van der Waals surface area (Å²) in [4.78, 5) is 35.8. The molecule has 0 aliphatic heterocycles. The Kier molecular flexibility index (Phi) is 3.38. The fourth-order valence-corrected chi connectivity index (χ4v) is 2.51. The molecule has 0 radical (unpaired) electrons. The van der Waals surface area contributed by atoms with E-state index in [2.05, 4.69) is 5.10 Å². The van der Waals surface area contributed by atoms with Gasteiger partial charge >= 0.3 is 6.03 Å². The van der Waals surface area contributed by atoms with Crippen LogP contribution in [0.5, 0.6) is 0 Å². The number of carbonyl (C=O) groups excluding carboxylic acids is 3. The number of anilines is 1. The van der Waals surface area contributed by atoms with Crippen molar-refractivity contribution in [3.63, 3.8) is 0 Å².